The van der Waals surface area contributed by atoms with E-state index < -0.39 is 0 Å². The molecule has 1 saturated carbocycles. The van der Waals surface area contributed by atoms with E-state index in [2.05, 4.69) is 29.7 Å². The van der Waals surface area contributed by atoms with E-state index in [4.69, 9.17) is 11.6 Å². The van der Waals surface area contributed by atoms with Gasteiger partial charge < -0.3 is 4.90 Å². The fraction of sp³-hybridized carbons (Fsp3) is 0.588. The molecule has 0 aromatic heterocycles. The SMILES string of the molecule is CCN1CCN(C(=O)[C@@H]2C[C@H]2c2cccc(Cl)c2)C(C)C1. The van der Waals surface area contributed by atoms with Crippen molar-refractivity contribution in [2.75, 3.05) is 26.2 Å². The van der Waals surface area contributed by atoms with Crippen LogP contribution in [-0.4, -0.2) is 47.9 Å². The summed E-state index contributed by atoms with van der Waals surface area (Å²) in [7, 11) is 0. The lowest BCUT2D eigenvalue weighted by Gasteiger charge is -2.39. The van der Waals surface area contributed by atoms with Gasteiger partial charge in [-0.3, -0.25) is 9.69 Å². The zero-order valence-corrected chi connectivity index (χ0v) is 13.5. The molecule has 0 N–H and O–H groups in total. The van der Waals surface area contributed by atoms with Crippen molar-refractivity contribution in [2.24, 2.45) is 5.92 Å². The molecule has 3 nitrogen and oxygen atoms in total. The summed E-state index contributed by atoms with van der Waals surface area (Å²) in [5, 5.41) is 0.760. The van der Waals surface area contributed by atoms with Crippen molar-refractivity contribution in [3.05, 3.63) is 34.9 Å². The average Bonchev–Trinajstić information content (AvgIpc) is 3.27. The number of amides is 1. The van der Waals surface area contributed by atoms with E-state index in [1.807, 2.05) is 18.2 Å². The number of benzene rings is 1. The number of carbonyl (C=O) groups is 1. The Morgan fingerprint density at radius 2 is 2.19 bits per heavy atom. The summed E-state index contributed by atoms with van der Waals surface area (Å²) in [6, 6.07) is 8.27. The predicted octanol–water partition coefficient (Wildman–Crippen LogP) is 3.00. The van der Waals surface area contributed by atoms with E-state index in [9.17, 15) is 4.79 Å². The summed E-state index contributed by atoms with van der Waals surface area (Å²) in [6.07, 6.45) is 0.972. The summed E-state index contributed by atoms with van der Waals surface area (Å²) >= 11 is 6.05. The molecule has 0 spiro atoms. The van der Waals surface area contributed by atoms with Gasteiger partial charge in [-0.1, -0.05) is 30.7 Å². The van der Waals surface area contributed by atoms with Gasteiger partial charge in [-0.25, -0.2) is 0 Å². The van der Waals surface area contributed by atoms with Crippen molar-refractivity contribution < 1.29 is 4.79 Å². The van der Waals surface area contributed by atoms with Crippen LogP contribution < -0.4 is 0 Å². The van der Waals surface area contributed by atoms with E-state index in [0.29, 0.717) is 17.9 Å². The van der Waals surface area contributed by atoms with E-state index in [-0.39, 0.29) is 5.92 Å². The average molecular weight is 307 g/mol. The van der Waals surface area contributed by atoms with Gasteiger partial charge >= 0.3 is 0 Å². The molecule has 1 aliphatic heterocycles. The Morgan fingerprint density at radius 3 is 2.86 bits per heavy atom. The molecule has 114 valence electrons. The minimum absolute atomic E-state index is 0.166. The Bertz CT molecular complexity index is 533. The van der Waals surface area contributed by atoms with Gasteiger partial charge in [0.25, 0.3) is 0 Å². The van der Waals surface area contributed by atoms with Crippen LogP contribution in [0.3, 0.4) is 0 Å². The van der Waals surface area contributed by atoms with Gasteiger partial charge in [0.15, 0.2) is 0 Å². The summed E-state index contributed by atoms with van der Waals surface area (Å²) < 4.78 is 0. The van der Waals surface area contributed by atoms with E-state index in [0.717, 1.165) is 37.6 Å². The smallest absolute Gasteiger partial charge is 0.226 e. The van der Waals surface area contributed by atoms with Gasteiger partial charge in [0.1, 0.15) is 0 Å². The lowest BCUT2D eigenvalue weighted by molar-refractivity contribution is -0.137. The first kappa shape index (κ1) is 14.9. The summed E-state index contributed by atoms with van der Waals surface area (Å²) in [5.41, 5.74) is 1.21. The number of hydrogen-bond acceptors (Lipinski definition) is 2. The van der Waals surface area contributed by atoms with Crippen LogP contribution in [0.1, 0.15) is 31.7 Å². The molecule has 0 radical (unpaired) electrons. The summed E-state index contributed by atoms with van der Waals surface area (Å²) in [5.74, 6) is 0.870. The fourth-order valence-corrected chi connectivity index (χ4v) is 3.63. The third-order valence-corrected chi connectivity index (χ3v) is 5.06. The molecular weight excluding hydrogens is 284 g/mol. The molecular formula is C17H23ClN2O. The highest BCUT2D eigenvalue weighted by Crippen LogP contribution is 2.49. The zero-order valence-electron chi connectivity index (χ0n) is 12.8. The molecule has 2 aliphatic rings. The summed E-state index contributed by atoms with van der Waals surface area (Å²) in [6.45, 7) is 8.28. The molecule has 3 atom stereocenters. The molecule has 4 heteroatoms. The van der Waals surface area contributed by atoms with E-state index in [1.165, 1.54) is 5.56 Å². The van der Waals surface area contributed by atoms with Gasteiger partial charge in [0.05, 0.1) is 0 Å². The Kier molecular flexibility index (Phi) is 4.23. The Hall–Kier alpha value is -1.06. The maximum absolute atomic E-state index is 12.7. The maximum Gasteiger partial charge on any atom is 0.226 e. The number of carbonyl (C=O) groups excluding carboxylic acids is 1. The minimum Gasteiger partial charge on any atom is -0.337 e. The van der Waals surface area contributed by atoms with Crippen LogP contribution in [0, 0.1) is 5.92 Å². The van der Waals surface area contributed by atoms with Crippen molar-refractivity contribution in [3.63, 3.8) is 0 Å². The van der Waals surface area contributed by atoms with E-state index in [1.54, 1.807) is 0 Å². The van der Waals surface area contributed by atoms with Crippen LogP contribution in [0.4, 0.5) is 0 Å². The predicted molar refractivity (Wildman–Crippen MR) is 85.6 cm³/mol. The topological polar surface area (TPSA) is 23.6 Å². The van der Waals surface area contributed by atoms with Crippen molar-refractivity contribution in [1.29, 1.82) is 0 Å². The number of nitrogens with zero attached hydrogens (tertiary/aromatic N) is 2. The van der Waals surface area contributed by atoms with Gasteiger partial charge in [-0.2, -0.15) is 0 Å². The molecule has 1 aromatic carbocycles. The van der Waals surface area contributed by atoms with Gasteiger partial charge in [0, 0.05) is 36.6 Å². The van der Waals surface area contributed by atoms with E-state index >= 15 is 0 Å². The number of hydrogen-bond donors (Lipinski definition) is 0. The summed E-state index contributed by atoms with van der Waals surface area (Å²) in [4.78, 5) is 17.2. The standard InChI is InChI=1S/C17H23ClN2O/c1-3-19-7-8-20(12(2)11-19)17(21)16-10-15(16)13-5-4-6-14(18)9-13/h4-6,9,12,15-16H,3,7-8,10-11H2,1-2H3/t12?,15-,16+/m0/s1. The van der Waals surface area contributed by atoms with Crippen LogP contribution in [0.2, 0.25) is 5.02 Å². The largest absolute Gasteiger partial charge is 0.337 e. The molecule has 2 fully saturated rings. The Morgan fingerprint density at radius 1 is 1.38 bits per heavy atom. The van der Waals surface area contributed by atoms with Gasteiger partial charge in [-0.15, -0.1) is 0 Å². The molecule has 21 heavy (non-hydrogen) atoms. The first-order chi connectivity index (χ1) is 10.1. The van der Waals surface area contributed by atoms with Gasteiger partial charge in [-0.05, 0) is 43.5 Å². The Balaban J connectivity index is 1.63. The van der Waals surface area contributed by atoms with Crippen molar-refractivity contribution in [2.45, 2.75) is 32.2 Å². The fourth-order valence-electron chi connectivity index (χ4n) is 3.43. The van der Waals surface area contributed by atoms with Crippen molar-refractivity contribution in [1.82, 2.24) is 9.80 Å². The molecule has 3 rings (SSSR count). The van der Waals surface area contributed by atoms with Crippen LogP contribution >= 0.6 is 11.6 Å². The van der Waals surface area contributed by atoms with Crippen LogP contribution in [0.25, 0.3) is 0 Å². The normalized spacial score (nSPS) is 29.5. The van der Waals surface area contributed by atoms with Crippen molar-refractivity contribution in [3.8, 4) is 0 Å². The first-order valence-corrected chi connectivity index (χ1v) is 8.26. The molecule has 1 saturated heterocycles. The molecule has 1 aromatic rings. The zero-order chi connectivity index (χ0) is 15.0. The molecule has 1 unspecified atom stereocenters. The molecule has 0 bridgehead atoms. The number of halogens is 1. The molecule has 1 heterocycles. The lowest BCUT2D eigenvalue weighted by atomic mass is 10.1. The highest BCUT2D eigenvalue weighted by Gasteiger charge is 2.47. The maximum atomic E-state index is 12.7. The molecule has 1 amide bonds. The monoisotopic (exact) mass is 306 g/mol. The third kappa shape index (κ3) is 3.09. The van der Waals surface area contributed by atoms with Crippen LogP contribution in [-0.2, 0) is 4.79 Å². The minimum atomic E-state index is 0.166. The number of likely N-dealkylation sites (N-methyl/N-ethyl adjacent to an activating group) is 1. The second-order valence-electron chi connectivity index (χ2n) is 6.28. The highest BCUT2D eigenvalue weighted by atomic mass is 35.5. The number of piperazine rings is 1. The first-order valence-electron chi connectivity index (χ1n) is 7.88. The second-order valence-corrected chi connectivity index (χ2v) is 6.71. The number of rotatable bonds is 3. The quantitative estimate of drug-likeness (QED) is 0.857. The lowest BCUT2D eigenvalue weighted by Crippen LogP contribution is -2.54. The van der Waals surface area contributed by atoms with Crippen LogP contribution in [0.15, 0.2) is 24.3 Å². The second kappa shape index (κ2) is 5.98. The van der Waals surface area contributed by atoms with Gasteiger partial charge in [0.2, 0.25) is 5.91 Å². The Labute approximate surface area is 131 Å². The van der Waals surface area contributed by atoms with Crippen LogP contribution in [0.5, 0.6) is 0 Å². The molecule has 1 aliphatic carbocycles. The van der Waals surface area contributed by atoms with Crippen molar-refractivity contribution >= 4 is 17.5 Å². The highest BCUT2D eigenvalue weighted by molar-refractivity contribution is 6.30. The third-order valence-electron chi connectivity index (χ3n) is 4.83.